The van der Waals surface area contributed by atoms with Gasteiger partial charge in [-0.05, 0) is 37.1 Å². The van der Waals surface area contributed by atoms with Gasteiger partial charge < -0.3 is 5.32 Å². The molecule has 0 aliphatic heterocycles. The van der Waals surface area contributed by atoms with Gasteiger partial charge in [0, 0.05) is 11.1 Å². The highest BCUT2D eigenvalue weighted by Gasteiger charge is 2.09. The zero-order valence-electron chi connectivity index (χ0n) is 9.47. The minimum Gasteiger partial charge on any atom is -0.314 e. The van der Waals surface area contributed by atoms with E-state index >= 15 is 0 Å². The third kappa shape index (κ3) is 3.95. The molecule has 1 rings (SSSR count). The van der Waals surface area contributed by atoms with Crippen LogP contribution in [0.15, 0.2) is 30.9 Å². The van der Waals surface area contributed by atoms with Gasteiger partial charge >= 0.3 is 0 Å². The number of benzene rings is 1. The molecular weight excluding hydrogens is 225 g/mol. The first-order chi connectivity index (χ1) is 7.67. The molecule has 0 spiro atoms. The van der Waals surface area contributed by atoms with E-state index in [1.165, 1.54) is 12.1 Å². The maximum Gasteiger partial charge on any atom is 0.124 e. The quantitative estimate of drug-likeness (QED) is 0.751. The maximum absolute atomic E-state index is 12.9. The Kier molecular flexibility index (Phi) is 5.50. The Morgan fingerprint density at radius 2 is 2.31 bits per heavy atom. The van der Waals surface area contributed by atoms with Gasteiger partial charge in [0.15, 0.2) is 0 Å². The lowest BCUT2D eigenvalue weighted by Crippen LogP contribution is -2.30. The SMILES string of the molecule is C=CCC(Cc1ccc(F)cc1Cl)NCC. The van der Waals surface area contributed by atoms with Gasteiger partial charge in [-0.15, -0.1) is 6.58 Å². The van der Waals surface area contributed by atoms with E-state index in [9.17, 15) is 4.39 Å². The number of rotatable bonds is 6. The highest BCUT2D eigenvalue weighted by Crippen LogP contribution is 2.19. The summed E-state index contributed by atoms with van der Waals surface area (Å²) in [5, 5.41) is 3.84. The Labute approximate surface area is 101 Å². The first-order valence-electron chi connectivity index (χ1n) is 5.45. The van der Waals surface area contributed by atoms with Crippen LogP contribution in [0.5, 0.6) is 0 Å². The summed E-state index contributed by atoms with van der Waals surface area (Å²) in [4.78, 5) is 0. The van der Waals surface area contributed by atoms with Crippen LogP contribution in [-0.4, -0.2) is 12.6 Å². The topological polar surface area (TPSA) is 12.0 Å². The van der Waals surface area contributed by atoms with Crippen LogP contribution in [0.2, 0.25) is 5.02 Å². The van der Waals surface area contributed by atoms with Gasteiger partial charge in [-0.2, -0.15) is 0 Å². The molecule has 0 bridgehead atoms. The Morgan fingerprint density at radius 1 is 1.56 bits per heavy atom. The second kappa shape index (κ2) is 6.66. The molecule has 1 N–H and O–H groups in total. The Balaban J connectivity index is 2.72. The van der Waals surface area contributed by atoms with E-state index in [2.05, 4.69) is 18.8 Å². The van der Waals surface area contributed by atoms with Crippen LogP contribution < -0.4 is 5.32 Å². The zero-order chi connectivity index (χ0) is 12.0. The van der Waals surface area contributed by atoms with Crippen molar-refractivity contribution in [1.29, 1.82) is 0 Å². The Hall–Kier alpha value is -0.860. The van der Waals surface area contributed by atoms with E-state index in [0.717, 1.165) is 24.9 Å². The van der Waals surface area contributed by atoms with Crippen LogP contribution in [-0.2, 0) is 6.42 Å². The monoisotopic (exact) mass is 241 g/mol. The molecule has 0 saturated carbocycles. The summed E-state index contributed by atoms with van der Waals surface area (Å²) < 4.78 is 12.9. The number of hydrogen-bond acceptors (Lipinski definition) is 1. The number of nitrogens with one attached hydrogen (secondary N) is 1. The van der Waals surface area contributed by atoms with Crippen molar-refractivity contribution >= 4 is 11.6 Å². The van der Waals surface area contributed by atoms with Gasteiger partial charge in [0.25, 0.3) is 0 Å². The third-order valence-corrected chi connectivity index (χ3v) is 2.78. The van der Waals surface area contributed by atoms with E-state index in [4.69, 9.17) is 11.6 Å². The highest BCUT2D eigenvalue weighted by molar-refractivity contribution is 6.31. The van der Waals surface area contributed by atoms with E-state index < -0.39 is 0 Å². The second-order valence-electron chi connectivity index (χ2n) is 3.72. The van der Waals surface area contributed by atoms with Gasteiger partial charge in [-0.3, -0.25) is 0 Å². The second-order valence-corrected chi connectivity index (χ2v) is 4.13. The smallest absolute Gasteiger partial charge is 0.124 e. The fraction of sp³-hybridized carbons (Fsp3) is 0.385. The summed E-state index contributed by atoms with van der Waals surface area (Å²) in [5.74, 6) is -0.294. The molecule has 88 valence electrons. The van der Waals surface area contributed by atoms with E-state index in [1.54, 1.807) is 6.07 Å². The largest absolute Gasteiger partial charge is 0.314 e. The molecule has 0 aliphatic rings. The van der Waals surface area contributed by atoms with Crippen molar-refractivity contribution in [2.45, 2.75) is 25.8 Å². The summed E-state index contributed by atoms with van der Waals surface area (Å²) in [5.41, 5.74) is 0.968. The normalized spacial score (nSPS) is 12.4. The van der Waals surface area contributed by atoms with E-state index in [0.29, 0.717) is 11.1 Å². The molecule has 0 heterocycles. The molecule has 3 heteroatoms. The average Bonchev–Trinajstić information content (AvgIpc) is 2.23. The lowest BCUT2D eigenvalue weighted by Gasteiger charge is -2.16. The summed E-state index contributed by atoms with van der Waals surface area (Å²) in [6.45, 7) is 6.69. The highest BCUT2D eigenvalue weighted by atomic mass is 35.5. The molecule has 1 unspecified atom stereocenters. The minimum atomic E-state index is -0.294. The molecule has 0 fully saturated rings. The Bertz CT molecular complexity index is 352. The summed E-state index contributed by atoms with van der Waals surface area (Å²) in [7, 11) is 0. The predicted molar refractivity (Wildman–Crippen MR) is 67.4 cm³/mol. The first kappa shape index (κ1) is 13.2. The molecular formula is C13H17ClFN. The lowest BCUT2D eigenvalue weighted by atomic mass is 10.0. The van der Waals surface area contributed by atoms with Crippen LogP contribution >= 0.6 is 11.6 Å². The van der Waals surface area contributed by atoms with Crippen LogP contribution in [0.4, 0.5) is 4.39 Å². The van der Waals surface area contributed by atoms with E-state index in [-0.39, 0.29) is 5.82 Å². The standard InChI is InChI=1S/C13H17ClFN/c1-3-5-12(16-4-2)8-10-6-7-11(15)9-13(10)14/h3,6-7,9,12,16H,1,4-5,8H2,2H3. The third-order valence-electron chi connectivity index (χ3n) is 2.43. The van der Waals surface area contributed by atoms with Crippen molar-refractivity contribution in [1.82, 2.24) is 5.32 Å². The van der Waals surface area contributed by atoms with Gasteiger partial charge in [-0.25, -0.2) is 4.39 Å². The maximum atomic E-state index is 12.9. The van der Waals surface area contributed by atoms with Crippen LogP contribution in [0, 0.1) is 5.82 Å². The van der Waals surface area contributed by atoms with Crippen LogP contribution in [0.25, 0.3) is 0 Å². The molecule has 0 aromatic heterocycles. The molecule has 0 saturated heterocycles. The molecule has 16 heavy (non-hydrogen) atoms. The molecule has 0 radical (unpaired) electrons. The summed E-state index contributed by atoms with van der Waals surface area (Å²) >= 11 is 5.98. The van der Waals surface area contributed by atoms with Gasteiger partial charge in [0.1, 0.15) is 5.82 Å². The number of halogens is 2. The summed E-state index contributed by atoms with van der Waals surface area (Å²) in [6.07, 6.45) is 3.55. The molecule has 1 nitrogen and oxygen atoms in total. The van der Waals surface area contributed by atoms with Crippen molar-refractivity contribution in [3.8, 4) is 0 Å². The van der Waals surface area contributed by atoms with E-state index in [1.807, 2.05) is 6.08 Å². The Morgan fingerprint density at radius 3 is 2.88 bits per heavy atom. The molecule has 0 aliphatic carbocycles. The minimum absolute atomic E-state index is 0.294. The molecule has 1 aromatic rings. The average molecular weight is 242 g/mol. The van der Waals surface area contributed by atoms with Crippen LogP contribution in [0.1, 0.15) is 18.9 Å². The number of likely N-dealkylation sites (N-methyl/N-ethyl adjacent to an activating group) is 1. The zero-order valence-corrected chi connectivity index (χ0v) is 10.2. The van der Waals surface area contributed by atoms with Crippen molar-refractivity contribution in [3.05, 3.63) is 47.3 Å². The molecule has 0 amide bonds. The van der Waals surface area contributed by atoms with Gasteiger partial charge in [0.2, 0.25) is 0 Å². The first-order valence-corrected chi connectivity index (χ1v) is 5.83. The van der Waals surface area contributed by atoms with Crippen molar-refractivity contribution in [2.24, 2.45) is 0 Å². The lowest BCUT2D eigenvalue weighted by molar-refractivity contribution is 0.529. The number of hydrogen-bond donors (Lipinski definition) is 1. The fourth-order valence-electron chi connectivity index (χ4n) is 1.68. The predicted octanol–water partition coefficient (Wildman–Crippen LogP) is 3.58. The molecule has 1 atom stereocenters. The summed E-state index contributed by atoms with van der Waals surface area (Å²) in [6, 6.07) is 4.85. The molecule has 1 aromatic carbocycles. The van der Waals surface area contributed by atoms with Crippen LogP contribution in [0.3, 0.4) is 0 Å². The fourth-order valence-corrected chi connectivity index (χ4v) is 1.93. The van der Waals surface area contributed by atoms with Gasteiger partial charge in [-0.1, -0.05) is 30.7 Å². The van der Waals surface area contributed by atoms with Crippen molar-refractivity contribution < 1.29 is 4.39 Å². The van der Waals surface area contributed by atoms with Gasteiger partial charge in [0.05, 0.1) is 0 Å². The van der Waals surface area contributed by atoms with Crippen molar-refractivity contribution in [3.63, 3.8) is 0 Å². The van der Waals surface area contributed by atoms with Crippen molar-refractivity contribution in [2.75, 3.05) is 6.54 Å².